The maximum atomic E-state index is 9.92. The first-order valence-corrected chi connectivity index (χ1v) is 4.90. The van der Waals surface area contributed by atoms with Crippen molar-refractivity contribution < 1.29 is 14.6 Å². The summed E-state index contributed by atoms with van der Waals surface area (Å²) in [7, 11) is 4.80. The van der Waals surface area contributed by atoms with E-state index in [0.717, 1.165) is 0 Å². The first kappa shape index (κ1) is 12.0. The molecule has 0 saturated carbocycles. The highest BCUT2D eigenvalue weighted by Crippen LogP contribution is 2.42. The van der Waals surface area contributed by atoms with Crippen LogP contribution in [0.3, 0.4) is 0 Å². The Morgan fingerprint density at radius 1 is 1.40 bits per heavy atom. The second-order valence-corrected chi connectivity index (χ2v) is 3.47. The molecule has 0 amide bonds. The number of thiol groups is 1. The van der Waals surface area contributed by atoms with Crippen LogP contribution in [0.25, 0.3) is 0 Å². The van der Waals surface area contributed by atoms with E-state index in [-0.39, 0.29) is 5.75 Å². The number of phenolic OH excluding ortho intramolecular Hbond substituents is 1. The molecule has 0 aliphatic carbocycles. The van der Waals surface area contributed by atoms with Crippen LogP contribution in [0.5, 0.6) is 17.2 Å². The highest BCUT2D eigenvalue weighted by atomic mass is 32.1. The molecule has 2 N–H and O–H groups in total. The molecule has 1 rings (SSSR count). The average molecular weight is 229 g/mol. The summed E-state index contributed by atoms with van der Waals surface area (Å²) in [6, 6.07) is 1.72. The highest BCUT2D eigenvalue weighted by Gasteiger charge is 2.16. The van der Waals surface area contributed by atoms with Crippen LogP contribution < -0.4 is 14.8 Å². The predicted octanol–water partition coefficient (Wildman–Crippen LogP) is 1.42. The lowest BCUT2D eigenvalue weighted by Gasteiger charge is -2.14. The first-order chi connectivity index (χ1) is 7.15. The molecule has 1 aromatic carbocycles. The Kier molecular flexibility index (Phi) is 4.11. The van der Waals surface area contributed by atoms with E-state index in [1.807, 2.05) is 0 Å². The highest BCUT2D eigenvalue weighted by molar-refractivity contribution is 7.80. The van der Waals surface area contributed by atoms with Crippen molar-refractivity contribution in [2.75, 3.05) is 21.3 Å². The topological polar surface area (TPSA) is 50.7 Å². The Balaban J connectivity index is 3.31. The van der Waals surface area contributed by atoms with Gasteiger partial charge >= 0.3 is 0 Å². The van der Waals surface area contributed by atoms with Gasteiger partial charge in [-0.15, -0.1) is 12.6 Å². The quantitative estimate of drug-likeness (QED) is 0.683. The molecular formula is C10H15NO3S. The van der Waals surface area contributed by atoms with Gasteiger partial charge in [-0.1, -0.05) is 0 Å². The molecule has 0 spiro atoms. The predicted molar refractivity (Wildman–Crippen MR) is 61.2 cm³/mol. The molecule has 15 heavy (non-hydrogen) atoms. The summed E-state index contributed by atoms with van der Waals surface area (Å²) >= 11 is 4.28. The van der Waals surface area contributed by atoms with Crippen LogP contribution in [0.4, 0.5) is 0 Å². The molecule has 0 aliphatic heterocycles. The lowest BCUT2D eigenvalue weighted by atomic mass is 10.1. The normalized spacial score (nSPS) is 10.1. The SMILES string of the molecule is CNCc1c(S)cc(OC)c(OC)c1O. The Hall–Kier alpha value is -1.07. The van der Waals surface area contributed by atoms with Crippen LogP contribution in [-0.2, 0) is 6.54 Å². The number of benzene rings is 1. The molecule has 84 valence electrons. The zero-order valence-corrected chi connectivity index (χ0v) is 9.89. The fraction of sp³-hybridized carbons (Fsp3) is 0.400. The second-order valence-electron chi connectivity index (χ2n) is 2.99. The van der Waals surface area contributed by atoms with Gasteiger partial charge < -0.3 is 19.9 Å². The largest absolute Gasteiger partial charge is 0.504 e. The van der Waals surface area contributed by atoms with Crippen molar-refractivity contribution >= 4 is 12.6 Å². The molecule has 0 fully saturated rings. The summed E-state index contributed by atoms with van der Waals surface area (Å²) in [6.07, 6.45) is 0. The number of hydrogen-bond acceptors (Lipinski definition) is 5. The van der Waals surface area contributed by atoms with Gasteiger partial charge in [0.25, 0.3) is 0 Å². The summed E-state index contributed by atoms with van der Waals surface area (Å²) in [6.45, 7) is 0.519. The Morgan fingerprint density at radius 2 is 2.07 bits per heavy atom. The molecule has 0 atom stereocenters. The molecule has 0 bridgehead atoms. The third-order valence-corrected chi connectivity index (χ3v) is 2.48. The van der Waals surface area contributed by atoms with Gasteiger partial charge in [-0.2, -0.15) is 0 Å². The molecule has 0 unspecified atom stereocenters. The summed E-state index contributed by atoms with van der Waals surface area (Å²) in [5.74, 6) is 0.872. The third-order valence-electron chi connectivity index (χ3n) is 2.08. The second kappa shape index (κ2) is 5.14. The fourth-order valence-corrected chi connectivity index (χ4v) is 1.65. The minimum absolute atomic E-state index is 0.0659. The minimum Gasteiger partial charge on any atom is -0.504 e. The zero-order chi connectivity index (χ0) is 11.4. The minimum atomic E-state index is 0.0659. The van der Waals surface area contributed by atoms with Crippen molar-refractivity contribution in [2.24, 2.45) is 0 Å². The van der Waals surface area contributed by atoms with Gasteiger partial charge in [0.2, 0.25) is 5.75 Å². The van der Waals surface area contributed by atoms with Crippen molar-refractivity contribution in [3.63, 3.8) is 0 Å². The summed E-state index contributed by atoms with van der Waals surface area (Å²) < 4.78 is 10.1. The molecule has 0 radical (unpaired) electrons. The smallest absolute Gasteiger partial charge is 0.203 e. The van der Waals surface area contributed by atoms with Gasteiger partial charge in [-0.25, -0.2) is 0 Å². The zero-order valence-electron chi connectivity index (χ0n) is 9.00. The van der Waals surface area contributed by atoms with E-state index in [0.29, 0.717) is 28.5 Å². The van der Waals surface area contributed by atoms with Crippen LogP contribution in [0.15, 0.2) is 11.0 Å². The number of phenols is 1. The van der Waals surface area contributed by atoms with E-state index in [1.54, 1.807) is 13.1 Å². The van der Waals surface area contributed by atoms with E-state index >= 15 is 0 Å². The Bertz CT molecular complexity index is 355. The molecule has 0 saturated heterocycles. The number of rotatable bonds is 4. The number of hydrogen-bond donors (Lipinski definition) is 3. The maximum absolute atomic E-state index is 9.92. The van der Waals surface area contributed by atoms with Gasteiger partial charge in [0.05, 0.1) is 14.2 Å². The van der Waals surface area contributed by atoms with Crippen molar-refractivity contribution in [1.82, 2.24) is 5.32 Å². The van der Waals surface area contributed by atoms with E-state index in [9.17, 15) is 5.11 Å². The Morgan fingerprint density at radius 3 is 2.53 bits per heavy atom. The fourth-order valence-electron chi connectivity index (χ4n) is 1.35. The average Bonchev–Trinajstić information content (AvgIpc) is 2.23. The lowest BCUT2D eigenvalue weighted by molar-refractivity contribution is 0.329. The molecule has 5 heteroatoms. The van der Waals surface area contributed by atoms with Crippen LogP contribution in [0.2, 0.25) is 0 Å². The molecular weight excluding hydrogens is 214 g/mol. The van der Waals surface area contributed by atoms with Crippen LogP contribution in [0.1, 0.15) is 5.56 Å². The molecule has 4 nitrogen and oxygen atoms in total. The van der Waals surface area contributed by atoms with Crippen molar-refractivity contribution in [3.05, 3.63) is 11.6 Å². The first-order valence-electron chi connectivity index (χ1n) is 4.46. The van der Waals surface area contributed by atoms with Gasteiger partial charge in [0.15, 0.2) is 11.5 Å². The Labute approximate surface area is 94.6 Å². The monoisotopic (exact) mass is 229 g/mol. The van der Waals surface area contributed by atoms with Gasteiger partial charge in [0.1, 0.15) is 0 Å². The van der Waals surface area contributed by atoms with E-state index in [4.69, 9.17) is 9.47 Å². The molecule has 0 aliphatic rings. The van der Waals surface area contributed by atoms with Crippen molar-refractivity contribution in [2.45, 2.75) is 11.4 Å². The van der Waals surface area contributed by atoms with Crippen molar-refractivity contribution in [3.8, 4) is 17.2 Å². The summed E-state index contributed by atoms with van der Waals surface area (Å²) in [4.78, 5) is 0.666. The summed E-state index contributed by atoms with van der Waals surface area (Å²) in [5, 5.41) is 12.9. The van der Waals surface area contributed by atoms with E-state index in [2.05, 4.69) is 17.9 Å². The van der Waals surface area contributed by atoms with Crippen LogP contribution in [-0.4, -0.2) is 26.4 Å². The van der Waals surface area contributed by atoms with E-state index in [1.165, 1.54) is 14.2 Å². The molecule has 0 aromatic heterocycles. The van der Waals surface area contributed by atoms with E-state index < -0.39 is 0 Å². The van der Waals surface area contributed by atoms with Crippen molar-refractivity contribution in [1.29, 1.82) is 0 Å². The number of methoxy groups -OCH3 is 2. The van der Waals surface area contributed by atoms with Gasteiger partial charge in [0, 0.05) is 17.0 Å². The van der Waals surface area contributed by atoms with Gasteiger partial charge in [-0.05, 0) is 13.1 Å². The lowest BCUT2D eigenvalue weighted by Crippen LogP contribution is -2.07. The maximum Gasteiger partial charge on any atom is 0.203 e. The number of nitrogens with one attached hydrogen (secondary N) is 1. The number of ether oxygens (including phenoxy) is 2. The van der Waals surface area contributed by atoms with Crippen LogP contribution >= 0.6 is 12.6 Å². The third kappa shape index (κ3) is 2.30. The molecule has 0 heterocycles. The van der Waals surface area contributed by atoms with Crippen LogP contribution in [0, 0.1) is 0 Å². The summed E-state index contributed by atoms with van der Waals surface area (Å²) in [5.41, 5.74) is 0.693. The van der Waals surface area contributed by atoms with Gasteiger partial charge in [-0.3, -0.25) is 0 Å². The standard InChI is InChI=1S/C10H15NO3S/c1-11-5-6-8(15)4-7(13-2)10(14-3)9(6)12/h4,11-12,15H,5H2,1-3H3. The number of aromatic hydroxyl groups is 1. The molecule has 1 aromatic rings.